The topological polar surface area (TPSA) is 21.3 Å². The van der Waals surface area contributed by atoms with Gasteiger partial charge in [0.15, 0.2) is 0 Å². The van der Waals surface area contributed by atoms with Gasteiger partial charge in [-0.05, 0) is 26.0 Å². The summed E-state index contributed by atoms with van der Waals surface area (Å²) in [6, 6.07) is 5.07. The molecule has 4 heteroatoms. The van der Waals surface area contributed by atoms with E-state index in [9.17, 15) is 4.39 Å². The molecule has 1 fully saturated rings. The molecule has 0 saturated carbocycles. The Labute approximate surface area is 103 Å². The Hall–Kier alpha value is -0.450. The molecule has 1 heterocycles. The van der Waals surface area contributed by atoms with Crippen LogP contribution in [0.2, 0.25) is 0 Å². The van der Waals surface area contributed by atoms with Gasteiger partial charge in [0.25, 0.3) is 0 Å². The van der Waals surface area contributed by atoms with Gasteiger partial charge in [0.05, 0.1) is 12.7 Å². The maximum Gasteiger partial charge on any atom is 0.130 e. The van der Waals surface area contributed by atoms with E-state index in [0.717, 1.165) is 4.47 Å². The summed E-state index contributed by atoms with van der Waals surface area (Å²) in [5, 5.41) is 3.35. The van der Waals surface area contributed by atoms with Crippen molar-refractivity contribution in [2.75, 3.05) is 13.2 Å². The molecule has 1 N–H and O–H groups in total. The molecule has 0 radical (unpaired) electrons. The van der Waals surface area contributed by atoms with Crippen LogP contribution in [0.5, 0.6) is 0 Å². The highest BCUT2D eigenvalue weighted by molar-refractivity contribution is 9.10. The van der Waals surface area contributed by atoms with Gasteiger partial charge >= 0.3 is 0 Å². The lowest BCUT2D eigenvalue weighted by Crippen LogP contribution is -2.50. The molecule has 2 rings (SSSR count). The van der Waals surface area contributed by atoms with E-state index in [0.29, 0.717) is 18.7 Å². The Bertz CT molecular complexity index is 385. The Kier molecular flexibility index (Phi) is 3.33. The molecule has 0 bridgehead atoms. The number of benzene rings is 1. The largest absolute Gasteiger partial charge is 0.370 e. The summed E-state index contributed by atoms with van der Waals surface area (Å²) in [4.78, 5) is 0. The lowest BCUT2D eigenvalue weighted by atomic mass is 10.0. The fraction of sp³-hybridized carbons (Fsp3) is 0.500. The van der Waals surface area contributed by atoms with E-state index in [1.807, 2.05) is 6.07 Å². The molecular formula is C12H15BrFNO. The smallest absolute Gasteiger partial charge is 0.130 e. The van der Waals surface area contributed by atoms with Crippen LogP contribution in [0.25, 0.3) is 0 Å². The molecule has 1 aromatic carbocycles. The van der Waals surface area contributed by atoms with Gasteiger partial charge in [-0.2, -0.15) is 0 Å². The number of nitrogens with one attached hydrogen (secondary N) is 1. The average Bonchev–Trinajstić information content (AvgIpc) is 2.19. The minimum Gasteiger partial charge on any atom is -0.370 e. The molecule has 0 amide bonds. The van der Waals surface area contributed by atoms with Crippen LogP contribution in [0.4, 0.5) is 4.39 Å². The Morgan fingerprint density at radius 2 is 2.25 bits per heavy atom. The van der Waals surface area contributed by atoms with Crippen LogP contribution in [0.3, 0.4) is 0 Å². The fourth-order valence-electron chi connectivity index (χ4n) is 1.75. The van der Waals surface area contributed by atoms with Gasteiger partial charge in [0.2, 0.25) is 0 Å². The molecule has 0 aliphatic carbocycles. The van der Waals surface area contributed by atoms with Crippen LogP contribution < -0.4 is 5.32 Å². The second-order valence-corrected chi connectivity index (χ2v) is 5.65. The summed E-state index contributed by atoms with van der Waals surface area (Å²) < 4.78 is 20.1. The van der Waals surface area contributed by atoms with Crippen molar-refractivity contribution in [2.45, 2.75) is 25.5 Å². The predicted octanol–water partition coefficient (Wildman–Crippen LogP) is 3.03. The highest BCUT2D eigenvalue weighted by atomic mass is 79.9. The van der Waals surface area contributed by atoms with Crippen molar-refractivity contribution in [2.24, 2.45) is 0 Å². The second kappa shape index (κ2) is 4.43. The lowest BCUT2D eigenvalue weighted by Gasteiger charge is -2.36. The first kappa shape index (κ1) is 12.0. The van der Waals surface area contributed by atoms with Crippen molar-refractivity contribution in [1.82, 2.24) is 5.32 Å². The summed E-state index contributed by atoms with van der Waals surface area (Å²) in [5.41, 5.74) is 0.591. The van der Waals surface area contributed by atoms with Gasteiger partial charge in [-0.15, -0.1) is 0 Å². The minimum absolute atomic E-state index is 0.0255. The molecule has 1 atom stereocenters. The van der Waals surface area contributed by atoms with Crippen molar-refractivity contribution in [3.63, 3.8) is 0 Å². The third-order valence-corrected chi connectivity index (χ3v) is 3.21. The molecule has 1 unspecified atom stereocenters. The lowest BCUT2D eigenvalue weighted by molar-refractivity contribution is -0.0245. The zero-order valence-electron chi connectivity index (χ0n) is 9.39. The normalized spacial score (nSPS) is 24.4. The molecule has 2 nitrogen and oxygen atoms in total. The molecular weight excluding hydrogens is 273 g/mol. The summed E-state index contributed by atoms with van der Waals surface area (Å²) in [5.74, 6) is -0.221. The first-order chi connectivity index (χ1) is 7.48. The van der Waals surface area contributed by atoms with E-state index in [-0.39, 0.29) is 17.5 Å². The van der Waals surface area contributed by atoms with Gasteiger partial charge < -0.3 is 10.1 Å². The van der Waals surface area contributed by atoms with E-state index in [2.05, 4.69) is 35.1 Å². The van der Waals surface area contributed by atoms with Gasteiger partial charge in [-0.25, -0.2) is 4.39 Å². The van der Waals surface area contributed by atoms with Crippen molar-refractivity contribution in [3.05, 3.63) is 34.1 Å². The van der Waals surface area contributed by atoms with Gasteiger partial charge in [0.1, 0.15) is 5.82 Å². The summed E-state index contributed by atoms with van der Waals surface area (Å²) in [6.07, 6.45) is -0.193. The van der Waals surface area contributed by atoms with Crippen molar-refractivity contribution in [1.29, 1.82) is 0 Å². The summed E-state index contributed by atoms with van der Waals surface area (Å²) in [6.45, 7) is 5.38. The van der Waals surface area contributed by atoms with Crippen LogP contribution >= 0.6 is 15.9 Å². The Morgan fingerprint density at radius 1 is 1.50 bits per heavy atom. The standard InChI is InChI=1S/C12H15BrFNO/c1-12(2)7-16-11(6-15-12)9-4-3-8(13)5-10(9)14/h3-5,11,15H,6-7H2,1-2H3. The summed E-state index contributed by atoms with van der Waals surface area (Å²) >= 11 is 3.24. The molecule has 0 spiro atoms. The maximum absolute atomic E-state index is 13.7. The van der Waals surface area contributed by atoms with Crippen molar-refractivity contribution in [3.8, 4) is 0 Å². The maximum atomic E-state index is 13.7. The van der Waals surface area contributed by atoms with E-state index < -0.39 is 0 Å². The SMILES string of the molecule is CC1(C)COC(c2ccc(Br)cc2F)CN1. The number of halogens is 2. The number of hydrogen-bond acceptors (Lipinski definition) is 2. The van der Waals surface area contributed by atoms with Crippen LogP contribution in [-0.4, -0.2) is 18.7 Å². The molecule has 1 aromatic rings. The molecule has 1 aliphatic heterocycles. The van der Waals surface area contributed by atoms with Crippen LogP contribution in [0.1, 0.15) is 25.5 Å². The molecule has 1 aliphatic rings. The van der Waals surface area contributed by atoms with E-state index in [1.54, 1.807) is 6.07 Å². The van der Waals surface area contributed by atoms with E-state index in [4.69, 9.17) is 4.74 Å². The third-order valence-electron chi connectivity index (χ3n) is 2.72. The third kappa shape index (κ3) is 2.62. The van der Waals surface area contributed by atoms with Gasteiger partial charge in [-0.3, -0.25) is 0 Å². The first-order valence-electron chi connectivity index (χ1n) is 5.29. The summed E-state index contributed by atoms with van der Waals surface area (Å²) in [7, 11) is 0. The van der Waals surface area contributed by atoms with E-state index >= 15 is 0 Å². The van der Waals surface area contributed by atoms with Crippen molar-refractivity contribution < 1.29 is 9.13 Å². The molecule has 16 heavy (non-hydrogen) atoms. The number of hydrogen-bond donors (Lipinski definition) is 1. The van der Waals surface area contributed by atoms with Gasteiger partial charge in [0, 0.05) is 22.1 Å². The quantitative estimate of drug-likeness (QED) is 0.857. The Balaban J connectivity index is 2.14. The average molecular weight is 288 g/mol. The minimum atomic E-state index is -0.221. The zero-order valence-corrected chi connectivity index (χ0v) is 11.0. The van der Waals surface area contributed by atoms with Crippen molar-refractivity contribution >= 4 is 15.9 Å². The van der Waals surface area contributed by atoms with Crippen LogP contribution in [0.15, 0.2) is 22.7 Å². The second-order valence-electron chi connectivity index (χ2n) is 4.73. The van der Waals surface area contributed by atoms with Gasteiger partial charge in [-0.1, -0.05) is 22.0 Å². The monoisotopic (exact) mass is 287 g/mol. The van der Waals surface area contributed by atoms with Crippen LogP contribution in [-0.2, 0) is 4.74 Å². The zero-order chi connectivity index (χ0) is 11.8. The molecule has 1 saturated heterocycles. The number of morpholine rings is 1. The van der Waals surface area contributed by atoms with Crippen LogP contribution in [0, 0.1) is 5.82 Å². The van der Waals surface area contributed by atoms with E-state index in [1.165, 1.54) is 6.07 Å². The molecule has 88 valence electrons. The highest BCUT2D eigenvalue weighted by Crippen LogP contribution is 2.27. The molecule has 0 aromatic heterocycles. The highest BCUT2D eigenvalue weighted by Gasteiger charge is 2.28. The fourth-order valence-corrected chi connectivity index (χ4v) is 2.08. The Morgan fingerprint density at radius 3 is 2.81 bits per heavy atom. The number of rotatable bonds is 1. The number of ether oxygens (including phenoxy) is 1. The predicted molar refractivity (Wildman–Crippen MR) is 64.9 cm³/mol. The first-order valence-corrected chi connectivity index (χ1v) is 6.09.